The van der Waals surface area contributed by atoms with Crippen LogP contribution in [0.25, 0.3) is 6.08 Å². The lowest BCUT2D eigenvalue weighted by molar-refractivity contribution is -0.115. The van der Waals surface area contributed by atoms with Crippen molar-refractivity contribution in [3.8, 4) is 5.75 Å². The van der Waals surface area contributed by atoms with Crippen molar-refractivity contribution in [1.82, 2.24) is 10.6 Å². The second kappa shape index (κ2) is 7.14. The number of hydrogen-bond acceptors (Lipinski definition) is 4. The highest BCUT2D eigenvalue weighted by Crippen LogP contribution is 2.17. The van der Waals surface area contributed by atoms with Crippen molar-refractivity contribution < 1.29 is 19.4 Å². The number of nitrogens with one attached hydrogen (secondary N) is 2. The van der Waals surface area contributed by atoms with Crippen molar-refractivity contribution in [2.45, 2.75) is 6.61 Å². The van der Waals surface area contributed by atoms with E-state index in [2.05, 4.69) is 10.6 Å². The Morgan fingerprint density at radius 2 is 1.92 bits per heavy atom. The summed E-state index contributed by atoms with van der Waals surface area (Å²) in [6.07, 6.45) is 1.69. The van der Waals surface area contributed by atoms with E-state index in [-0.39, 0.29) is 18.1 Å². The second-order valence-corrected chi connectivity index (χ2v) is 5.74. The zero-order valence-corrected chi connectivity index (χ0v) is 13.8. The van der Waals surface area contributed by atoms with Crippen LogP contribution in [0.5, 0.6) is 5.75 Å². The lowest BCUT2D eigenvalue weighted by Gasteiger charge is -2.07. The number of carbonyl (C=O) groups is 2. The smallest absolute Gasteiger partial charge is 0.335 e. The average molecular weight is 354 g/mol. The monoisotopic (exact) mass is 354 g/mol. The maximum atomic E-state index is 11.6. The van der Waals surface area contributed by atoms with E-state index in [9.17, 15) is 9.59 Å². The van der Waals surface area contributed by atoms with Gasteiger partial charge in [0, 0.05) is 0 Å². The predicted molar refractivity (Wildman–Crippen MR) is 96.0 cm³/mol. The minimum Gasteiger partial charge on any atom is -0.489 e. The Morgan fingerprint density at radius 3 is 2.56 bits per heavy atom. The van der Waals surface area contributed by atoms with Gasteiger partial charge in [0.15, 0.2) is 5.11 Å². The molecule has 1 aliphatic rings. The fourth-order valence-electron chi connectivity index (χ4n) is 2.27. The van der Waals surface area contributed by atoms with E-state index in [1.807, 2.05) is 12.1 Å². The van der Waals surface area contributed by atoms with Crippen molar-refractivity contribution in [2.75, 3.05) is 0 Å². The third-order valence-corrected chi connectivity index (χ3v) is 3.69. The lowest BCUT2D eigenvalue weighted by atomic mass is 10.1. The largest absolute Gasteiger partial charge is 0.489 e. The number of benzene rings is 2. The van der Waals surface area contributed by atoms with Crippen LogP contribution in [0.3, 0.4) is 0 Å². The zero-order chi connectivity index (χ0) is 17.8. The normalized spacial score (nSPS) is 15.0. The summed E-state index contributed by atoms with van der Waals surface area (Å²) in [6, 6.07) is 13.8. The fourth-order valence-corrected chi connectivity index (χ4v) is 2.47. The van der Waals surface area contributed by atoms with Gasteiger partial charge in [0.25, 0.3) is 5.91 Å². The molecule has 2 aromatic carbocycles. The van der Waals surface area contributed by atoms with E-state index in [0.717, 1.165) is 11.1 Å². The quantitative estimate of drug-likeness (QED) is 0.564. The molecule has 0 radical (unpaired) electrons. The lowest BCUT2D eigenvalue weighted by Crippen LogP contribution is -2.21. The van der Waals surface area contributed by atoms with Crippen LogP contribution in [0.2, 0.25) is 0 Å². The van der Waals surface area contributed by atoms with Gasteiger partial charge < -0.3 is 15.2 Å². The summed E-state index contributed by atoms with van der Waals surface area (Å²) in [5.41, 5.74) is 2.21. The number of carbonyl (C=O) groups excluding carboxylic acids is 1. The fraction of sp³-hybridized carbons (Fsp3) is 0.0556. The van der Waals surface area contributed by atoms with Gasteiger partial charge in [-0.2, -0.15) is 0 Å². The highest BCUT2D eigenvalue weighted by Gasteiger charge is 2.19. The summed E-state index contributed by atoms with van der Waals surface area (Å²) in [5, 5.41) is 14.6. The number of carboxylic acid groups (broad SMARTS) is 1. The summed E-state index contributed by atoms with van der Waals surface area (Å²) in [7, 11) is 0. The first-order valence-electron chi connectivity index (χ1n) is 7.40. The molecule has 0 bridgehead atoms. The van der Waals surface area contributed by atoms with Crippen LogP contribution in [0, 0.1) is 0 Å². The van der Waals surface area contributed by atoms with Crippen LogP contribution in [-0.2, 0) is 11.4 Å². The third kappa shape index (κ3) is 4.21. The van der Waals surface area contributed by atoms with E-state index in [1.165, 1.54) is 6.07 Å². The first-order valence-corrected chi connectivity index (χ1v) is 7.81. The number of hydrogen-bond donors (Lipinski definition) is 3. The molecule has 6 nitrogen and oxygen atoms in total. The van der Waals surface area contributed by atoms with E-state index in [4.69, 9.17) is 22.1 Å². The molecule has 7 heteroatoms. The highest BCUT2D eigenvalue weighted by atomic mass is 32.1. The molecule has 1 saturated heterocycles. The molecule has 3 rings (SSSR count). The SMILES string of the molecule is O=C1NC(=S)N/C1=C\c1ccc(OCc2cccc(C(=O)O)c2)cc1. The summed E-state index contributed by atoms with van der Waals surface area (Å²) >= 11 is 4.88. The molecule has 3 N–H and O–H groups in total. The number of carboxylic acids is 1. The van der Waals surface area contributed by atoms with Crippen LogP contribution in [0.4, 0.5) is 0 Å². The van der Waals surface area contributed by atoms with Crippen molar-refractivity contribution in [1.29, 1.82) is 0 Å². The Balaban J connectivity index is 1.64. The molecular formula is C18H14N2O4S. The third-order valence-electron chi connectivity index (χ3n) is 3.49. The second-order valence-electron chi connectivity index (χ2n) is 5.33. The number of amides is 1. The highest BCUT2D eigenvalue weighted by molar-refractivity contribution is 7.80. The van der Waals surface area contributed by atoms with E-state index in [1.54, 1.807) is 36.4 Å². The molecule has 1 aliphatic heterocycles. The number of aromatic carboxylic acids is 1. The van der Waals surface area contributed by atoms with Gasteiger partial charge in [0.1, 0.15) is 18.1 Å². The van der Waals surface area contributed by atoms with Gasteiger partial charge in [-0.05, 0) is 53.7 Å². The van der Waals surface area contributed by atoms with Crippen LogP contribution in [0.15, 0.2) is 54.2 Å². The molecule has 0 saturated carbocycles. The molecule has 0 aliphatic carbocycles. The van der Waals surface area contributed by atoms with E-state index < -0.39 is 5.97 Å². The van der Waals surface area contributed by atoms with Gasteiger partial charge in [-0.1, -0.05) is 24.3 Å². The molecule has 1 heterocycles. The molecule has 0 spiro atoms. The van der Waals surface area contributed by atoms with Crippen LogP contribution in [-0.4, -0.2) is 22.1 Å². The maximum absolute atomic E-state index is 11.6. The topological polar surface area (TPSA) is 87.7 Å². The molecule has 0 aromatic heterocycles. The Bertz CT molecular complexity index is 875. The molecule has 1 amide bonds. The Hall–Kier alpha value is -3.19. The summed E-state index contributed by atoms with van der Waals surface area (Å²) < 4.78 is 5.66. The minimum absolute atomic E-state index is 0.225. The first-order chi connectivity index (χ1) is 12.0. The van der Waals surface area contributed by atoms with Crippen molar-refractivity contribution in [3.63, 3.8) is 0 Å². The van der Waals surface area contributed by atoms with Crippen LogP contribution >= 0.6 is 12.2 Å². The van der Waals surface area contributed by atoms with Gasteiger partial charge in [-0.15, -0.1) is 0 Å². The Labute approximate surface area is 149 Å². The molecule has 0 atom stereocenters. The van der Waals surface area contributed by atoms with Crippen molar-refractivity contribution in [3.05, 3.63) is 70.9 Å². The number of thiocarbonyl (C=S) groups is 1. The van der Waals surface area contributed by atoms with Gasteiger partial charge in [0.2, 0.25) is 0 Å². The zero-order valence-electron chi connectivity index (χ0n) is 13.0. The van der Waals surface area contributed by atoms with Gasteiger partial charge in [-0.3, -0.25) is 10.1 Å². The van der Waals surface area contributed by atoms with Gasteiger partial charge >= 0.3 is 5.97 Å². The summed E-state index contributed by atoms with van der Waals surface area (Å²) in [6.45, 7) is 0.264. The molecule has 1 fully saturated rings. The predicted octanol–water partition coefficient (Wildman–Crippen LogP) is 2.31. The van der Waals surface area contributed by atoms with Crippen molar-refractivity contribution >= 4 is 35.3 Å². The minimum atomic E-state index is -0.969. The van der Waals surface area contributed by atoms with Crippen molar-refractivity contribution in [2.24, 2.45) is 0 Å². The van der Waals surface area contributed by atoms with Crippen LogP contribution < -0.4 is 15.4 Å². The van der Waals surface area contributed by atoms with E-state index >= 15 is 0 Å². The molecule has 2 aromatic rings. The summed E-state index contributed by atoms with van der Waals surface area (Å²) in [4.78, 5) is 22.6. The maximum Gasteiger partial charge on any atom is 0.335 e. The van der Waals surface area contributed by atoms with Gasteiger partial charge in [0.05, 0.1) is 5.56 Å². The van der Waals surface area contributed by atoms with E-state index in [0.29, 0.717) is 16.6 Å². The average Bonchev–Trinajstić information content (AvgIpc) is 2.92. The first kappa shape index (κ1) is 16.7. The Morgan fingerprint density at radius 1 is 1.16 bits per heavy atom. The standard InChI is InChI=1S/C18H14N2O4S/c21-16-15(19-18(25)20-16)9-11-4-6-14(7-5-11)24-10-12-2-1-3-13(8-12)17(22)23/h1-9H,10H2,(H,22,23)(H2,19,20,21,25)/b15-9-. The molecule has 25 heavy (non-hydrogen) atoms. The number of ether oxygens (including phenoxy) is 1. The molecule has 0 unspecified atom stereocenters. The summed E-state index contributed by atoms with van der Waals surface area (Å²) in [5.74, 6) is -0.589. The van der Waals surface area contributed by atoms with Gasteiger partial charge in [-0.25, -0.2) is 4.79 Å². The Kier molecular flexibility index (Phi) is 4.76. The molecular weight excluding hydrogens is 340 g/mol. The van der Waals surface area contributed by atoms with Crippen LogP contribution in [0.1, 0.15) is 21.5 Å². The molecule has 126 valence electrons. The number of rotatable bonds is 5.